The molecule has 80 valence electrons. The number of Topliss-reactive ketones (excluding diaryl/α,β-unsaturated/α-hetero) is 1. The summed E-state index contributed by atoms with van der Waals surface area (Å²) in [5.74, 6) is 0.708. The summed E-state index contributed by atoms with van der Waals surface area (Å²) in [5, 5.41) is 0. The van der Waals surface area contributed by atoms with Gasteiger partial charge in [0.15, 0.2) is 0 Å². The van der Waals surface area contributed by atoms with Crippen molar-refractivity contribution in [3.05, 3.63) is 0 Å². The quantitative estimate of drug-likeness (QED) is 0.691. The number of aliphatic imine (C=N–C) groups is 1. The van der Waals surface area contributed by atoms with Crippen LogP contribution >= 0.6 is 0 Å². The Morgan fingerprint density at radius 1 is 1.57 bits per heavy atom. The fourth-order valence-electron chi connectivity index (χ4n) is 1.88. The number of ether oxygens (including phenoxy) is 1. The summed E-state index contributed by atoms with van der Waals surface area (Å²) >= 11 is 0. The van der Waals surface area contributed by atoms with Gasteiger partial charge >= 0.3 is 0 Å². The largest absolute Gasteiger partial charge is 0.379 e. The number of carbonyl (C=O) groups is 1. The second kappa shape index (κ2) is 5.25. The second-order valence-corrected chi connectivity index (χ2v) is 4.00. The summed E-state index contributed by atoms with van der Waals surface area (Å²) in [4.78, 5) is 16.3. The Labute approximate surface area is 85.6 Å². The van der Waals surface area contributed by atoms with E-state index >= 15 is 0 Å². The van der Waals surface area contributed by atoms with Crippen LogP contribution in [-0.2, 0) is 9.53 Å². The second-order valence-electron chi connectivity index (χ2n) is 4.00. The predicted octanol–water partition coefficient (Wildman–Crippen LogP) is 1.71. The van der Waals surface area contributed by atoms with Crippen LogP contribution in [0.25, 0.3) is 0 Å². The Bertz CT molecular complexity index is 235. The van der Waals surface area contributed by atoms with Gasteiger partial charge in [0.05, 0.1) is 12.5 Å². The number of hydrogen-bond acceptors (Lipinski definition) is 3. The van der Waals surface area contributed by atoms with Crippen LogP contribution in [0.15, 0.2) is 4.99 Å². The fourth-order valence-corrected chi connectivity index (χ4v) is 1.88. The number of carbonyl (C=O) groups excluding carboxylic acids is 1. The molecule has 0 N–H and O–H groups in total. The number of rotatable bonds is 3. The number of methoxy groups -OCH3 is 1. The summed E-state index contributed by atoms with van der Waals surface area (Å²) in [7, 11) is 1.65. The normalized spacial score (nSPS) is 28.5. The van der Waals surface area contributed by atoms with Crippen LogP contribution in [0.4, 0.5) is 0 Å². The molecule has 0 saturated carbocycles. The molecule has 1 heterocycles. The van der Waals surface area contributed by atoms with Gasteiger partial charge in [0.1, 0.15) is 5.78 Å². The minimum absolute atomic E-state index is 0.0000926. The average Bonchev–Trinajstić information content (AvgIpc) is 2.26. The number of hydrogen-bond donors (Lipinski definition) is 0. The van der Waals surface area contributed by atoms with Crippen molar-refractivity contribution in [3.63, 3.8) is 0 Å². The molecule has 14 heavy (non-hydrogen) atoms. The van der Waals surface area contributed by atoms with Crippen LogP contribution in [0.1, 0.15) is 26.7 Å². The Balaban J connectivity index is 2.79. The lowest BCUT2D eigenvalue weighted by atomic mass is 9.92. The molecule has 0 radical (unpaired) electrons. The molecule has 0 aliphatic carbocycles. The van der Waals surface area contributed by atoms with E-state index in [0.29, 0.717) is 24.7 Å². The summed E-state index contributed by atoms with van der Waals surface area (Å²) in [5.41, 5.74) is 0.935. The van der Waals surface area contributed by atoms with Crippen LogP contribution < -0.4 is 0 Å². The Kier molecular flexibility index (Phi) is 4.26. The first-order valence-electron chi connectivity index (χ1n) is 5.23. The molecule has 0 spiro atoms. The molecular weight excluding hydrogens is 178 g/mol. The van der Waals surface area contributed by atoms with Crippen molar-refractivity contribution in [2.75, 3.05) is 20.3 Å². The Morgan fingerprint density at radius 3 is 2.86 bits per heavy atom. The van der Waals surface area contributed by atoms with Crippen molar-refractivity contribution in [3.8, 4) is 0 Å². The van der Waals surface area contributed by atoms with Gasteiger partial charge < -0.3 is 4.74 Å². The van der Waals surface area contributed by atoms with E-state index < -0.39 is 0 Å². The van der Waals surface area contributed by atoms with E-state index in [0.717, 1.165) is 18.7 Å². The van der Waals surface area contributed by atoms with Crippen molar-refractivity contribution in [2.45, 2.75) is 26.7 Å². The Morgan fingerprint density at radius 2 is 2.29 bits per heavy atom. The maximum absolute atomic E-state index is 11.8. The first kappa shape index (κ1) is 11.4. The number of nitrogens with zero attached hydrogens (tertiary/aromatic N) is 1. The van der Waals surface area contributed by atoms with Gasteiger partial charge in [0, 0.05) is 25.8 Å². The molecule has 2 unspecified atom stereocenters. The first-order valence-corrected chi connectivity index (χ1v) is 5.23. The summed E-state index contributed by atoms with van der Waals surface area (Å²) in [6.07, 6.45) is 1.50. The molecule has 3 heteroatoms. The van der Waals surface area contributed by atoms with Gasteiger partial charge in [-0.15, -0.1) is 0 Å². The van der Waals surface area contributed by atoms with E-state index in [9.17, 15) is 4.79 Å². The van der Waals surface area contributed by atoms with Crippen molar-refractivity contribution >= 4 is 11.5 Å². The number of ketones is 1. The van der Waals surface area contributed by atoms with Crippen LogP contribution in [-0.4, -0.2) is 31.8 Å². The summed E-state index contributed by atoms with van der Waals surface area (Å²) in [6.45, 7) is 5.37. The molecule has 0 aromatic rings. The third-order valence-corrected chi connectivity index (χ3v) is 2.65. The molecule has 0 aromatic carbocycles. The molecule has 1 rings (SSSR count). The fraction of sp³-hybridized carbons (Fsp3) is 0.818. The van der Waals surface area contributed by atoms with E-state index in [-0.39, 0.29) is 5.92 Å². The third kappa shape index (κ3) is 2.64. The standard InChI is InChI=1S/C11H19NO2/c1-4-9-10(7-14-3)12-6-8(2)5-11(9)13/h8-9H,4-7H2,1-3H3. The van der Waals surface area contributed by atoms with Gasteiger partial charge in [-0.1, -0.05) is 13.8 Å². The molecule has 0 fully saturated rings. The van der Waals surface area contributed by atoms with E-state index in [1.54, 1.807) is 7.11 Å². The molecular formula is C11H19NO2. The lowest BCUT2D eigenvalue weighted by Crippen LogP contribution is -2.25. The average molecular weight is 197 g/mol. The van der Waals surface area contributed by atoms with Crippen molar-refractivity contribution in [1.82, 2.24) is 0 Å². The van der Waals surface area contributed by atoms with Gasteiger partial charge in [-0.2, -0.15) is 0 Å². The molecule has 0 bridgehead atoms. The Hall–Kier alpha value is -0.700. The highest BCUT2D eigenvalue weighted by molar-refractivity contribution is 6.06. The SMILES string of the molecule is CCC1C(=O)CC(C)CN=C1COC. The first-order chi connectivity index (χ1) is 6.69. The highest BCUT2D eigenvalue weighted by Gasteiger charge is 2.26. The van der Waals surface area contributed by atoms with Gasteiger partial charge in [-0.3, -0.25) is 9.79 Å². The zero-order valence-electron chi connectivity index (χ0n) is 9.25. The van der Waals surface area contributed by atoms with E-state index in [1.807, 2.05) is 6.92 Å². The maximum Gasteiger partial charge on any atom is 0.141 e. The molecule has 0 aromatic heterocycles. The van der Waals surface area contributed by atoms with Gasteiger partial charge in [0.2, 0.25) is 0 Å². The molecule has 3 nitrogen and oxygen atoms in total. The van der Waals surface area contributed by atoms with Crippen LogP contribution in [0.3, 0.4) is 0 Å². The van der Waals surface area contributed by atoms with E-state index in [4.69, 9.17) is 4.74 Å². The predicted molar refractivity (Wildman–Crippen MR) is 56.7 cm³/mol. The van der Waals surface area contributed by atoms with Gasteiger partial charge in [-0.05, 0) is 12.3 Å². The summed E-state index contributed by atoms with van der Waals surface area (Å²) < 4.78 is 5.07. The maximum atomic E-state index is 11.8. The van der Waals surface area contributed by atoms with Gasteiger partial charge in [0.25, 0.3) is 0 Å². The third-order valence-electron chi connectivity index (χ3n) is 2.65. The van der Waals surface area contributed by atoms with E-state index in [2.05, 4.69) is 11.9 Å². The summed E-state index contributed by atoms with van der Waals surface area (Å²) in [6, 6.07) is 0. The monoisotopic (exact) mass is 197 g/mol. The van der Waals surface area contributed by atoms with Crippen molar-refractivity contribution in [2.24, 2.45) is 16.8 Å². The molecule has 1 aliphatic rings. The topological polar surface area (TPSA) is 38.7 Å². The molecule has 1 aliphatic heterocycles. The van der Waals surface area contributed by atoms with Crippen molar-refractivity contribution < 1.29 is 9.53 Å². The molecule has 2 atom stereocenters. The molecule has 0 saturated heterocycles. The molecule has 0 amide bonds. The van der Waals surface area contributed by atoms with Crippen LogP contribution in [0.2, 0.25) is 0 Å². The van der Waals surface area contributed by atoms with Crippen molar-refractivity contribution in [1.29, 1.82) is 0 Å². The van der Waals surface area contributed by atoms with E-state index in [1.165, 1.54) is 0 Å². The smallest absolute Gasteiger partial charge is 0.141 e. The minimum atomic E-state index is -0.0000926. The van der Waals surface area contributed by atoms with Crippen LogP contribution in [0.5, 0.6) is 0 Å². The minimum Gasteiger partial charge on any atom is -0.379 e. The lowest BCUT2D eigenvalue weighted by molar-refractivity contribution is -0.121. The zero-order chi connectivity index (χ0) is 10.6. The highest BCUT2D eigenvalue weighted by atomic mass is 16.5. The lowest BCUT2D eigenvalue weighted by Gasteiger charge is -2.13. The van der Waals surface area contributed by atoms with Gasteiger partial charge in [-0.25, -0.2) is 0 Å². The van der Waals surface area contributed by atoms with Crippen LogP contribution in [0, 0.1) is 11.8 Å². The zero-order valence-corrected chi connectivity index (χ0v) is 9.25. The highest BCUT2D eigenvalue weighted by Crippen LogP contribution is 2.18.